The fourth-order valence-corrected chi connectivity index (χ4v) is 5.86. The van der Waals surface area contributed by atoms with E-state index in [2.05, 4.69) is 51.4 Å². The first-order valence-electron chi connectivity index (χ1n) is 11.4. The lowest BCUT2D eigenvalue weighted by atomic mass is 9.82. The number of anilines is 2. The van der Waals surface area contributed by atoms with Crippen LogP contribution in [0, 0.1) is 0 Å². The highest BCUT2D eigenvalue weighted by atomic mass is 32.1. The molecule has 0 radical (unpaired) electrons. The van der Waals surface area contributed by atoms with Gasteiger partial charge in [0, 0.05) is 24.2 Å². The Morgan fingerprint density at radius 2 is 1.25 bits per heavy atom. The molecule has 12 nitrogen and oxygen atoms in total. The molecule has 0 aliphatic heterocycles. The Bertz CT molecular complexity index is 1210. The van der Waals surface area contributed by atoms with Gasteiger partial charge in [0.2, 0.25) is 22.1 Å². The molecule has 0 bridgehead atoms. The molecule has 184 valence electrons. The van der Waals surface area contributed by atoms with Gasteiger partial charge in [0.15, 0.2) is 0 Å². The van der Waals surface area contributed by atoms with Crippen LogP contribution in [-0.2, 0) is 22.4 Å². The van der Waals surface area contributed by atoms with Crippen molar-refractivity contribution in [2.45, 2.75) is 50.4 Å². The van der Waals surface area contributed by atoms with Gasteiger partial charge in [0.25, 0.3) is 0 Å². The second kappa shape index (κ2) is 11.3. The van der Waals surface area contributed by atoms with Crippen LogP contribution in [0.1, 0.15) is 58.9 Å². The molecule has 2 amide bonds. The van der Waals surface area contributed by atoms with Crippen molar-refractivity contribution in [1.82, 2.24) is 40.8 Å². The van der Waals surface area contributed by atoms with Gasteiger partial charge in [-0.1, -0.05) is 29.1 Å². The fourth-order valence-electron chi connectivity index (χ4n) is 4.05. The van der Waals surface area contributed by atoms with Crippen molar-refractivity contribution in [2.75, 3.05) is 10.6 Å². The number of nitrogens with one attached hydrogen (secondary N) is 2. The second-order valence-electron chi connectivity index (χ2n) is 8.33. The summed E-state index contributed by atoms with van der Waals surface area (Å²) in [6, 6.07) is 6.99. The van der Waals surface area contributed by atoms with Crippen LogP contribution in [0.15, 0.2) is 36.7 Å². The van der Waals surface area contributed by atoms with Gasteiger partial charge in [-0.15, -0.1) is 20.4 Å². The lowest BCUT2D eigenvalue weighted by Crippen LogP contribution is -2.15. The van der Waals surface area contributed by atoms with E-state index in [0.717, 1.165) is 35.7 Å². The first-order valence-corrected chi connectivity index (χ1v) is 13.1. The van der Waals surface area contributed by atoms with Crippen molar-refractivity contribution in [3.63, 3.8) is 0 Å². The lowest BCUT2D eigenvalue weighted by molar-refractivity contribution is -0.116. The summed E-state index contributed by atoms with van der Waals surface area (Å²) in [6.07, 6.45) is 7.28. The number of rotatable bonds is 8. The average Bonchev–Trinajstić information content (AvgIpc) is 3.55. The minimum absolute atomic E-state index is 0.128. The quantitative estimate of drug-likeness (QED) is 0.352. The van der Waals surface area contributed by atoms with E-state index >= 15 is 0 Å². The van der Waals surface area contributed by atoms with E-state index in [9.17, 15) is 9.59 Å². The highest BCUT2D eigenvalue weighted by Crippen LogP contribution is 2.43. The molecule has 0 aromatic carbocycles. The molecule has 1 aliphatic carbocycles. The maximum atomic E-state index is 12.3. The van der Waals surface area contributed by atoms with Gasteiger partial charge >= 0.3 is 0 Å². The van der Waals surface area contributed by atoms with E-state index < -0.39 is 0 Å². The molecule has 2 N–H and O–H groups in total. The number of carbonyl (C=O) groups excluding carboxylic acids is 2. The Hall–Kier alpha value is -3.78. The van der Waals surface area contributed by atoms with Crippen LogP contribution in [-0.4, -0.2) is 52.6 Å². The summed E-state index contributed by atoms with van der Waals surface area (Å²) in [4.78, 5) is 24.6. The van der Waals surface area contributed by atoms with Gasteiger partial charge < -0.3 is 10.6 Å². The summed E-state index contributed by atoms with van der Waals surface area (Å²) >= 11 is 2.80. The zero-order chi connectivity index (χ0) is 24.7. The molecule has 0 saturated heterocycles. The highest BCUT2D eigenvalue weighted by Gasteiger charge is 2.29. The Balaban J connectivity index is 1.15. The smallest absolute Gasteiger partial charge is 0.232 e. The van der Waals surface area contributed by atoms with Crippen molar-refractivity contribution in [1.29, 1.82) is 0 Å². The summed E-state index contributed by atoms with van der Waals surface area (Å²) in [7, 11) is 0. The van der Waals surface area contributed by atoms with Gasteiger partial charge in [-0.2, -0.15) is 20.4 Å². The van der Waals surface area contributed by atoms with Gasteiger partial charge in [-0.3, -0.25) is 9.59 Å². The number of hydrogen-bond acceptors (Lipinski definition) is 12. The van der Waals surface area contributed by atoms with E-state index in [1.807, 2.05) is 0 Å². The molecule has 14 heteroatoms. The Morgan fingerprint density at radius 1 is 0.750 bits per heavy atom. The predicted molar refractivity (Wildman–Crippen MR) is 132 cm³/mol. The maximum absolute atomic E-state index is 12.3. The summed E-state index contributed by atoms with van der Waals surface area (Å²) in [6.45, 7) is 0. The van der Waals surface area contributed by atoms with Crippen molar-refractivity contribution in [2.24, 2.45) is 0 Å². The number of hydrogen-bond donors (Lipinski definition) is 2. The molecular weight excluding hydrogens is 500 g/mol. The number of nitrogens with zero attached hydrogens (tertiary/aromatic N) is 8. The molecule has 1 aliphatic rings. The van der Waals surface area contributed by atoms with Crippen molar-refractivity contribution in [3.8, 4) is 0 Å². The maximum Gasteiger partial charge on any atom is 0.232 e. The van der Waals surface area contributed by atoms with Crippen LogP contribution < -0.4 is 10.6 Å². The van der Waals surface area contributed by atoms with Crippen molar-refractivity contribution >= 4 is 44.8 Å². The van der Waals surface area contributed by atoms with Crippen molar-refractivity contribution in [3.05, 3.63) is 58.1 Å². The average molecular weight is 523 g/mol. The number of carbonyl (C=O) groups is 2. The van der Waals surface area contributed by atoms with Gasteiger partial charge in [0.1, 0.15) is 10.0 Å². The van der Waals surface area contributed by atoms with E-state index in [-0.39, 0.29) is 36.5 Å². The van der Waals surface area contributed by atoms with E-state index in [4.69, 9.17) is 0 Å². The monoisotopic (exact) mass is 522 g/mol. The number of amides is 2. The molecule has 5 rings (SSSR count). The third kappa shape index (κ3) is 6.26. The normalized spacial score (nSPS) is 17.4. The molecular formula is C22H22N10O2S2. The van der Waals surface area contributed by atoms with Crippen LogP contribution in [0.5, 0.6) is 0 Å². The zero-order valence-corrected chi connectivity index (χ0v) is 20.7. The molecule has 0 unspecified atom stereocenters. The molecule has 1 fully saturated rings. The highest BCUT2D eigenvalue weighted by molar-refractivity contribution is 7.15. The number of aromatic nitrogens is 8. The first kappa shape index (κ1) is 23.9. The fraction of sp³-hybridized carbons (Fsp3) is 0.364. The molecule has 36 heavy (non-hydrogen) atoms. The third-order valence-corrected chi connectivity index (χ3v) is 7.69. The van der Waals surface area contributed by atoms with Crippen LogP contribution in [0.3, 0.4) is 0 Å². The largest absolute Gasteiger partial charge is 0.300 e. The summed E-state index contributed by atoms with van der Waals surface area (Å²) in [5.74, 6) is 0.0425. The Labute approximate surface area is 214 Å². The summed E-state index contributed by atoms with van der Waals surface area (Å²) < 4.78 is 0. The molecule has 4 aromatic heterocycles. The lowest BCUT2D eigenvalue weighted by Gasteiger charge is -2.25. The second-order valence-corrected chi connectivity index (χ2v) is 10.3. The topological polar surface area (TPSA) is 161 Å². The van der Waals surface area contributed by atoms with Crippen LogP contribution in [0.2, 0.25) is 0 Å². The van der Waals surface area contributed by atoms with Gasteiger partial charge in [0.05, 0.1) is 24.2 Å². The van der Waals surface area contributed by atoms with E-state index in [1.165, 1.54) is 22.7 Å². The SMILES string of the molecule is O=C(Cc1cccnn1)Nc1nnc([C@H]2CCC[C@H](c3nnc(NC(=O)Cc4cccnn4)s3)C2)s1. The van der Waals surface area contributed by atoms with Crippen LogP contribution in [0.4, 0.5) is 10.3 Å². The van der Waals surface area contributed by atoms with E-state index in [0.29, 0.717) is 21.7 Å². The van der Waals surface area contributed by atoms with Crippen molar-refractivity contribution < 1.29 is 9.59 Å². The Kier molecular flexibility index (Phi) is 7.52. The van der Waals surface area contributed by atoms with Gasteiger partial charge in [-0.05, 0) is 43.5 Å². The van der Waals surface area contributed by atoms with E-state index in [1.54, 1.807) is 36.7 Å². The standard InChI is InChI=1S/C22H22N10O2S2/c33-17(11-15-6-2-8-23-27-15)25-21-31-29-19(35-21)13-4-1-5-14(10-13)20-30-32-22(36-20)26-18(34)12-16-7-3-9-24-28-16/h2-3,6-9,13-14H,1,4-5,10-12H2,(H,25,31,33)(H,26,32,34)/t13-,14-/m0/s1. The minimum atomic E-state index is -0.206. The molecule has 4 heterocycles. The third-order valence-electron chi connectivity index (χ3n) is 5.69. The summed E-state index contributed by atoms with van der Waals surface area (Å²) in [5.41, 5.74) is 1.19. The molecule has 0 spiro atoms. The predicted octanol–water partition coefficient (Wildman–Crippen LogP) is 2.77. The molecule has 1 saturated carbocycles. The molecule has 4 aromatic rings. The molecule has 2 atom stereocenters. The van der Waals surface area contributed by atoms with Gasteiger partial charge in [-0.25, -0.2) is 0 Å². The minimum Gasteiger partial charge on any atom is -0.300 e. The zero-order valence-electron chi connectivity index (χ0n) is 19.1. The van der Waals surface area contributed by atoms with Crippen LogP contribution in [0.25, 0.3) is 0 Å². The van der Waals surface area contributed by atoms with Crippen LogP contribution >= 0.6 is 22.7 Å². The Morgan fingerprint density at radius 3 is 1.69 bits per heavy atom. The first-order chi connectivity index (χ1) is 17.6. The summed E-state index contributed by atoms with van der Waals surface area (Å²) in [5, 5.41) is 40.8.